The van der Waals surface area contributed by atoms with Crippen molar-refractivity contribution in [1.29, 1.82) is 0 Å². The maximum atomic E-state index is 2.80. The smallest absolute Gasteiger partial charge is 0.252 e. The van der Waals surface area contributed by atoms with E-state index in [9.17, 15) is 0 Å². The maximum absolute atomic E-state index is 3.06. The number of hydrogen-bond acceptors (Lipinski definition) is 0. The number of benzene rings is 10. The molecule has 0 atom stereocenters. The first-order valence-electron chi connectivity index (χ1n) is 25.7. The Morgan fingerprint density at radius 3 is 1.53 bits per heavy atom. The topological polar surface area (TPSA) is 9.86 Å². The van der Waals surface area contributed by atoms with Crippen LogP contribution in [-0.4, -0.2) is 23.9 Å². The van der Waals surface area contributed by atoms with E-state index in [1.807, 2.05) is 0 Å². The van der Waals surface area contributed by atoms with E-state index in [0.29, 0.717) is 0 Å². The number of aromatic nitrogens is 2. The fourth-order valence-corrected chi connectivity index (χ4v) is 20.0. The van der Waals surface area contributed by atoms with E-state index in [0.717, 1.165) is 0 Å². The summed E-state index contributed by atoms with van der Waals surface area (Å²) >= 11 is 0. The van der Waals surface area contributed by atoms with E-state index in [1.54, 1.807) is 0 Å². The van der Waals surface area contributed by atoms with Gasteiger partial charge in [0.2, 0.25) is 0 Å². The van der Waals surface area contributed by atoms with Crippen molar-refractivity contribution < 1.29 is 0 Å². The Morgan fingerprint density at radius 2 is 0.903 bits per heavy atom. The second-order valence-electron chi connectivity index (χ2n) is 21.9. The molecule has 12 aromatic rings. The molecule has 0 saturated heterocycles. The van der Waals surface area contributed by atoms with Crippen molar-refractivity contribution >= 4 is 84.6 Å². The average Bonchev–Trinajstić information content (AvgIpc) is 4.07. The van der Waals surface area contributed by atoms with Gasteiger partial charge >= 0.3 is 0 Å². The lowest BCUT2D eigenvalue weighted by Crippen LogP contribution is -2.77. The molecule has 0 amide bonds. The monoisotopic (exact) mass is 932 g/mol. The molecule has 0 N–H and O–H groups in total. The standard InChI is InChI=1S/C68H49BN2Si/c1-67(2,44-26-13-7-14-27-44)46-38-51-52-39-47(68(3,4)45-28-15-8-16-29-45)41-59-65(52)71-64(51)54(40-46)69-53-33-21-32-50-60(42-22-9-5-10-23-42)62(43-24-11-6-12-25-43)70(63(50)53)55-36-37-58(66(71)61(55)69)72(59)56-34-19-17-30-48(56)49-31-18-20-35-57(49)72/h5-41H,1-4H3. The number of para-hydroxylation sites is 1. The second-order valence-corrected chi connectivity index (χ2v) is 25.6. The minimum atomic E-state index is -3.06. The van der Waals surface area contributed by atoms with E-state index < -0.39 is 8.07 Å². The van der Waals surface area contributed by atoms with Gasteiger partial charge in [-0.15, -0.1) is 0 Å². The first kappa shape index (κ1) is 40.5. The molecule has 1 spiro atoms. The number of nitrogens with zero attached hydrogens (tertiary/aromatic N) is 2. The van der Waals surface area contributed by atoms with Crippen LogP contribution in [0.4, 0.5) is 0 Å². The Balaban J connectivity index is 1.15. The van der Waals surface area contributed by atoms with Crippen LogP contribution in [0.5, 0.6) is 0 Å². The predicted molar refractivity (Wildman–Crippen MR) is 306 cm³/mol. The Kier molecular flexibility index (Phi) is 7.90. The average molecular weight is 933 g/mol. The third-order valence-corrected chi connectivity index (χ3v) is 22.8. The summed E-state index contributed by atoms with van der Waals surface area (Å²) in [5, 5.41) is 10.0. The van der Waals surface area contributed by atoms with Crippen molar-refractivity contribution in [2.45, 2.75) is 38.5 Å². The summed E-state index contributed by atoms with van der Waals surface area (Å²) in [4.78, 5) is 0. The molecule has 16 rings (SSSR count). The molecular formula is C68H49BN2Si. The molecule has 6 heterocycles. The molecule has 338 valence electrons. The highest BCUT2D eigenvalue weighted by Gasteiger charge is 2.56. The quantitative estimate of drug-likeness (QED) is 0.147. The summed E-state index contributed by atoms with van der Waals surface area (Å²) in [6.07, 6.45) is 0. The van der Waals surface area contributed by atoms with E-state index in [4.69, 9.17) is 0 Å². The van der Waals surface area contributed by atoms with Gasteiger partial charge < -0.3 is 9.13 Å². The minimum Gasteiger partial charge on any atom is -0.310 e. The van der Waals surface area contributed by atoms with Gasteiger partial charge in [-0.3, -0.25) is 0 Å². The van der Waals surface area contributed by atoms with Crippen molar-refractivity contribution in [3.05, 3.63) is 247 Å². The zero-order valence-electron chi connectivity index (χ0n) is 40.8. The highest BCUT2D eigenvalue weighted by atomic mass is 28.3. The molecule has 72 heavy (non-hydrogen) atoms. The normalized spacial score (nSPS) is 14.2. The van der Waals surface area contributed by atoms with Gasteiger partial charge in [0.1, 0.15) is 0 Å². The largest absolute Gasteiger partial charge is 0.310 e. The van der Waals surface area contributed by atoms with Gasteiger partial charge in [-0.1, -0.05) is 234 Å². The van der Waals surface area contributed by atoms with Crippen LogP contribution >= 0.6 is 0 Å². The molecule has 4 aliphatic rings. The molecule has 0 radical (unpaired) electrons. The lowest BCUT2D eigenvalue weighted by molar-refractivity contribution is 0.642. The van der Waals surface area contributed by atoms with Gasteiger partial charge in [0.05, 0.1) is 11.2 Å². The third kappa shape index (κ3) is 4.86. The third-order valence-electron chi connectivity index (χ3n) is 17.9. The zero-order chi connectivity index (χ0) is 47.8. The molecule has 0 unspecified atom stereocenters. The fraction of sp³-hybridized carbons (Fsp3) is 0.0882. The predicted octanol–water partition coefficient (Wildman–Crippen LogP) is 11.5. The number of rotatable bonds is 6. The lowest BCUT2D eigenvalue weighted by atomic mass is 9.34. The van der Waals surface area contributed by atoms with Gasteiger partial charge in [0.25, 0.3) is 6.71 Å². The van der Waals surface area contributed by atoms with Gasteiger partial charge in [0.15, 0.2) is 8.07 Å². The fourth-order valence-electron chi connectivity index (χ4n) is 14.5. The van der Waals surface area contributed by atoms with Crippen LogP contribution in [0.15, 0.2) is 224 Å². The Labute approximate surface area is 421 Å². The van der Waals surface area contributed by atoms with Crippen LogP contribution in [0.3, 0.4) is 0 Å². The SMILES string of the molecule is CC(C)(c1ccccc1)c1cc2c3c(c1)c1cc(C(C)(C)c4ccccc4)cc4c1n3-c1c(ccc3c1B2c1cccc2c(-c5ccccc5)c(-c5ccccc5)n-3c12)[Si]41c2ccccc2-c2ccccc21. The van der Waals surface area contributed by atoms with Gasteiger partial charge in [0, 0.05) is 55.0 Å². The molecule has 0 saturated carbocycles. The van der Waals surface area contributed by atoms with Crippen molar-refractivity contribution in [2.75, 3.05) is 0 Å². The van der Waals surface area contributed by atoms with Crippen LogP contribution in [0.1, 0.15) is 49.9 Å². The van der Waals surface area contributed by atoms with Crippen molar-refractivity contribution in [1.82, 2.24) is 9.13 Å². The molecule has 0 bridgehead atoms. The van der Waals surface area contributed by atoms with Gasteiger partial charge in [-0.05, 0) is 99.8 Å². The van der Waals surface area contributed by atoms with Crippen LogP contribution in [0.2, 0.25) is 0 Å². The molecule has 0 aliphatic carbocycles. The Hall–Kier alpha value is -8.18. The first-order valence-corrected chi connectivity index (χ1v) is 27.7. The molecule has 2 nitrogen and oxygen atoms in total. The first-order chi connectivity index (χ1) is 35.3. The molecule has 4 aliphatic heterocycles. The summed E-state index contributed by atoms with van der Waals surface area (Å²) in [6.45, 7) is 9.73. The van der Waals surface area contributed by atoms with E-state index >= 15 is 0 Å². The second kappa shape index (κ2) is 14.0. The van der Waals surface area contributed by atoms with E-state index in [2.05, 4.69) is 261 Å². The van der Waals surface area contributed by atoms with Gasteiger partial charge in [-0.25, -0.2) is 0 Å². The number of hydrogen-bond donors (Lipinski definition) is 0. The molecular weight excluding hydrogens is 884 g/mol. The summed E-state index contributed by atoms with van der Waals surface area (Å²) in [5.41, 5.74) is 23.5. The van der Waals surface area contributed by atoms with E-state index in [1.165, 1.54) is 137 Å². The van der Waals surface area contributed by atoms with Crippen molar-refractivity contribution in [3.63, 3.8) is 0 Å². The Morgan fingerprint density at radius 1 is 0.375 bits per heavy atom. The summed E-state index contributed by atoms with van der Waals surface area (Å²) in [5.74, 6) is 0. The highest BCUT2D eigenvalue weighted by molar-refractivity contribution is 7.24. The molecule has 2 aromatic heterocycles. The molecule has 0 fully saturated rings. The summed E-state index contributed by atoms with van der Waals surface area (Å²) in [7, 11) is -3.06. The zero-order valence-corrected chi connectivity index (χ0v) is 41.8. The number of fused-ring (bicyclic) bond motifs is 11. The molecule has 4 heteroatoms. The Bertz CT molecular complexity index is 4270. The van der Waals surface area contributed by atoms with Crippen LogP contribution in [0.25, 0.3) is 77.6 Å². The van der Waals surface area contributed by atoms with Crippen LogP contribution in [0, 0.1) is 0 Å². The van der Waals surface area contributed by atoms with Crippen LogP contribution in [-0.2, 0) is 10.8 Å². The van der Waals surface area contributed by atoms with Crippen molar-refractivity contribution in [3.8, 4) is 44.9 Å². The van der Waals surface area contributed by atoms with Crippen molar-refractivity contribution in [2.24, 2.45) is 0 Å². The lowest BCUT2D eigenvalue weighted by Gasteiger charge is -2.43. The maximum Gasteiger partial charge on any atom is 0.252 e. The van der Waals surface area contributed by atoms with E-state index in [-0.39, 0.29) is 17.5 Å². The van der Waals surface area contributed by atoms with Gasteiger partial charge in [-0.2, -0.15) is 0 Å². The summed E-state index contributed by atoms with van der Waals surface area (Å²) < 4.78 is 5.48. The summed E-state index contributed by atoms with van der Waals surface area (Å²) in [6, 6.07) is 86.5. The van der Waals surface area contributed by atoms with Crippen LogP contribution < -0.4 is 37.1 Å². The highest BCUT2D eigenvalue weighted by Crippen LogP contribution is 2.48. The molecule has 10 aromatic carbocycles. The minimum absolute atomic E-state index is 0.0150.